The predicted molar refractivity (Wildman–Crippen MR) is 27.3 cm³/mol. The molecule has 0 saturated heterocycles. The summed E-state index contributed by atoms with van der Waals surface area (Å²) in [6, 6.07) is 0. The van der Waals surface area contributed by atoms with Crippen LogP contribution in [0.3, 0.4) is 0 Å². The Morgan fingerprint density at radius 2 is 1.00 bits per heavy atom. The standard InChI is InChI=1S/CH6O6P2.2H2O.Tc/c2-8(3,4)1-9(5,6)7;;;/h1H2,(H2,2,3,4)(H2,5,6,7);2*1H2;/q;;;+4/p-4. The van der Waals surface area contributed by atoms with Crippen LogP contribution in [0.25, 0.3) is 0 Å². The van der Waals surface area contributed by atoms with Crippen molar-refractivity contribution >= 4 is 15.2 Å². The second-order valence-electron chi connectivity index (χ2n) is 1.36. The van der Waals surface area contributed by atoms with Gasteiger partial charge in [-0.25, -0.2) is 0 Å². The van der Waals surface area contributed by atoms with Crippen LogP contribution >= 0.6 is 15.2 Å². The van der Waals surface area contributed by atoms with Gasteiger partial charge < -0.3 is 39.7 Å². The minimum absolute atomic E-state index is 0. The Labute approximate surface area is 81.3 Å². The number of rotatable bonds is 2. The average molecular weight is 306 g/mol. The van der Waals surface area contributed by atoms with E-state index in [4.69, 9.17) is 0 Å². The molecule has 11 heteroatoms. The van der Waals surface area contributed by atoms with Crippen molar-refractivity contribution in [2.75, 3.05) is 5.90 Å². The molecule has 0 aromatic carbocycles. The van der Waals surface area contributed by atoms with E-state index in [0.717, 1.165) is 0 Å². The Morgan fingerprint density at radius 1 is 0.833 bits per heavy atom. The minimum atomic E-state index is -5.18. The topological polar surface area (TPSA) is 189 Å². The Balaban J connectivity index is -0.000000107. The van der Waals surface area contributed by atoms with Crippen LogP contribution in [-0.2, 0) is 29.2 Å². The first kappa shape index (κ1) is 23.0. The minimum Gasteiger partial charge on any atom is -0.810 e. The second-order valence-corrected chi connectivity index (χ2v) is 4.94. The fourth-order valence-electron chi connectivity index (χ4n) is 0.212. The van der Waals surface area contributed by atoms with Gasteiger partial charge in [-0.1, -0.05) is 15.2 Å². The van der Waals surface area contributed by atoms with Crippen molar-refractivity contribution in [3.63, 3.8) is 0 Å². The summed E-state index contributed by atoms with van der Waals surface area (Å²) >= 11 is 0. The zero-order valence-corrected chi connectivity index (χ0v) is 9.08. The summed E-state index contributed by atoms with van der Waals surface area (Å²) in [4.78, 5) is 38.2. The van der Waals surface area contributed by atoms with E-state index in [-0.39, 0.29) is 31.1 Å². The monoisotopic (exact) mass is 305 g/mol. The van der Waals surface area contributed by atoms with Gasteiger partial charge in [0.1, 0.15) is 0 Å². The molecular weight excluding hydrogens is 300 g/mol. The fourth-order valence-corrected chi connectivity index (χ4v) is 1.91. The SMILES string of the molecule is O.O.O=P([O-])([O-])CP(=O)([O-])[O-].[Tc+4]. The maximum Gasteiger partial charge on any atom is 4.00 e. The fraction of sp³-hybridized carbons (Fsp3) is 1.00. The molecule has 0 atom stereocenters. The molecule has 0 unspecified atom stereocenters. The first-order valence-corrected chi connectivity index (χ1v) is 5.18. The van der Waals surface area contributed by atoms with Gasteiger partial charge in [0.05, 0.1) is 0 Å². The van der Waals surface area contributed by atoms with Gasteiger partial charge in [0.2, 0.25) is 0 Å². The van der Waals surface area contributed by atoms with Crippen LogP contribution in [0, 0.1) is 0 Å². The van der Waals surface area contributed by atoms with Gasteiger partial charge in [0.15, 0.2) is 0 Å². The van der Waals surface area contributed by atoms with Gasteiger partial charge in [0.25, 0.3) is 0 Å². The zero-order chi connectivity index (χ0) is 7.71. The Bertz CT molecular complexity index is 157. The van der Waals surface area contributed by atoms with Gasteiger partial charge in [-0.2, -0.15) is 0 Å². The molecule has 0 aromatic rings. The molecule has 0 aliphatic carbocycles. The molecule has 12 heavy (non-hydrogen) atoms. The maximum atomic E-state index is 9.55. The third-order valence-electron chi connectivity index (χ3n) is 0.346. The van der Waals surface area contributed by atoms with Crippen LogP contribution in [-0.4, -0.2) is 16.9 Å². The number of hydrogen-bond donors (Lipinski definition) is 0. The summed E-state index contributed by atoms with van der Waals surface area (Å²) in [7, 11) is -10.4. The van der Waals surface area contributed by atoms with Crippen LogP contribution < -0.4 is 19.6 Å². The summed E-state index contributed by atoms with van der Waals surface area (Å²) in [5.74, 6) is -1.82. The third-order valence-corrected chi connectivity index (χ3v) is 3.12. The molecule has 75 valence electrons. The molecule has 0 bridgehead atoms. The van der Waals surface area contributed by atoms with Crippen LogP contribution in [0.1, 0.15) is 0 Å². The summed E-state index contributed by atoms with van der Waals surface area (Å²) < 4.78 is 19.1. The maximum absolute atomic E-state index is 9.55. The Morgan fingerprint density at radius 3 is 1.00 bits per heavy atom. The van der Waals surface area contributed by atoms with E-state index in [2.05, 4.69) is 0 Å². The van der Waals surface area contributed by atoms with Crippen LogP contribution in [0.5, 0.6) is 0 Å². The molecule has 0 heterocycles. The first-order valence-electron chi connectivity index (χ1n) is 1.73. The molecule has 4 N–H and O–H groups in total. The molecule has 0 aliphatic rings. The van der Waals surface area contributed by atoms with E-state index in [1.807, 2.05) is 0 Å². The molecule has 0 amide bonds. The summed E-state index contributed by atoms with van der Waals surface area (Å²) in [5.41, 5.74) is 0. The molecule has 8 nitrogen and oxygen atoms in total. The molecule has 1 radical (unpaired) electrons. The molecule has 0 saturated carbocycles. The summed E-state index contributed by atoms with van der Waals surface area (Å²) in [6.07, 6.45) is 0. The van der Waals surface area contributed by atoms with E-state index >= 15 is 0 Å². The third kappa shape index (κ3) is 22.4. The van der Waals surface area contributed by atoms with E-state index in [1.165, 1.54) is 0 Å². The summed E-state index contributed by atoms with van der Waals surface area (Å²) in [5, 5.41) is 0. The van der Waals surface area contributed by atoms with Gasteiger partial charge in [-0.05, 0) is 0 Å². The quantitative estimate of drug-likeness (QED) is 0.459. The normalized spacial score (nSPS) is 10.3. The molecular formula is CH6O8P2Tc. The second kappa shape index (κ2) is 7.29. The molecule has 0 rings (SSSR count). The van der Waals surface area contributed by atoms with Crippen molar-refractivity contribution < 1.29 is 59.8 Å². The van der Waals surface area contributed by atoms with E-state index in [9.17, 15) is 28.7 Å². The number of hydrogen-bond acceptors (Lipinski definition) is 6. The van der Waals surface area contributed by atoms with Gasteiger partial charge >= 0.3 is 20.1 Å². The van der Waals surface area contributed by atoms with Crippen LogP contribution in [0.4, 0.5) is 0 Å². The van der Waals surface area contributed by atoms with Crippen molar-refractivity contribution in [3.05, 3.63) is 0 Å². The summed E-state index contributed by atoms with van der Waals surface area (Å²) in [6.45, 7) is 0. The van der Waals surface area contributed by atoms with Gasteiger partial charge in [-0.3, -0.25) is 0 Å². The Hall–Kier alpha value is 0.869. The first-order chi connectivity index (χ1) is 3.71. The van der Waals surface area contributed by atoms with Crippen LogP contribution in [0.2, 0.25) is 0 Å². The Kier molecular flexibility index (Phi) is 14.0. The van der Waals surface area contributed by atoms with E-state index in [0.29, 0.717) is 0 Å². The van der Waals surface area contributed by atoms with Crippen molar-refractivity contribution in [3.8, 4) is 0 Å². The van der Waals surface area contributed by atoms with Gasteiger partial charge in [0, 0.05) is 5.90 Å². The molecule has 0 aromatic heterocycles. The van der Waals surface area contributed by atoms with E-state index in [1.54, 1.807) is 0 Å². The van der Waals surface area contributed by atoms with Crippen molar-refractivity contribution in [2.45, 2.75) is 0 Å². The van der Waals surface area contributed by atoms with Gasteiger partial charge in [-0.15, -0.1) is 0 Å². The van der Waals surface area contributed by atoms with Crippen LogP contribution in [0.15, 0.2) is 0 Å². The average Bonchev–Trinajstić information content (AvgIpc) is 1.14. The molecule has 0 spiro atoms. The van der Waals surface area contributed by atoms with E-state index < -0.39 is 21.1 Å². The van der Waals surface area contributed by atoms with Crippen molar-refractivity contribution in [1.29, 1.82) is 0 Å². The van der Waals surface area contributed by atoms with Crippen molar-refractivity contribution in [2.24, 2.45) is 0 Å². The smallest absolute Gasteiger partial charge is 0.810 e. The largest absolute Gasteiger partial charge is 4.00 e. The van der Waals surface area contributed by atoms with Crippen molar-refractivity contribution in [1.82, 2.24) is 0 Å². The predicted octanol–water partition coefficient (Wildman–Crippen LogP) is -4.88. The molecule has 0 aliphatic heterocycles. The molecule has 0 fully saturated rings. The zero-order valence-electron chi connectivity index (χ0n) is 5.43.